The Balaban J connectivity index is 1.72. The Morgan fingerprint density at radius 3 is 2.62 bits per heavy atom. The van der Waals surface area contributed by atoms with Crippen molar-refractivity contribution in [3.63, 3.8) is 0 Å². The van der Waals surface area contributed by atoms with Crippen molar-refractivity contribution in [1.29, 1.82) is 0 Å². The van der Waals surface area contributed by atoms with E-state index < -0.39 is 15.9 Å². The molecule has 1 fully saturated rings. The lowest BCUT2D eigenvalue weighted by molar-refractivity contribution is -0.123. The average molecular weight is 330 g/mol. The Kier molecular flexibility index (Phi) is 5.00. The van der Waals surface area contributed by atoms with Gasteiger partial charge in [-0.25, -0.2) is 13.1 Å². The normalized spacial score (nSPS) is 14.7. The first-order chi connectivity index (χ1) is 9.88. The van der Waals surface area contributed by atoms with Crippen LogP contribution in [0.3, 0.4) is 0 Å². The maximum Gasteiger partial charge on any atom is 0.273 e. The van der Waals surface area contributed by atoms with E-state index in [-0.39, 0.29) is 22.5 Å². The third kappa shape index (κ3) is 4.82. The molecular formula is C13H18N2O4S2. The van der Waals surface area contributed by atoms with E-state index in [0.29, 0.717) is 13.0 Å². The molecule has 0 radical (unpaired) electrons. The van der Waals surface area contributed by atoms with Gasteiger partial charge < -0.3 is 5.32 Å². The molecule has 0 unspecified atom stereocenters. The molecule has 1 aromatic heterocycles. The number of aryl methyl sites for hydroxylation is 1. The predicted octanol–water partition coefficient (Wildman–Crippen LogP) is 1.17. The summed E-state index contributed by atoms with van der Waals surface area (Å²) < 4.78 is 26.0. The van der Waals surface area contributed by atoms with Gasteiger partial charge >= 0.3 is 0 Å². The van der Waals surface area contributed by atoms with E-state index in [1.54, 1.807) is 13.0 Å². The zero-order valence-electron chi connectivity index (χ0n) is 11.7. The average Bonchev–Trinajstić information content (AvgIpc) is 3.16. The Hall–Kier alpha value is -1.41. The van der Waals surface area contributed by atoms with E-state index in [0.717, 1.165) is 29.1 Å². The zero-order chi connectivity index (χ0) is 15.5. The smallest absolute Gasteiger partial charge is 0.273 e. The molecule has 1 aromatic rings. The van der Waals surface area contributed by atoms with Crippen molar-refractivity contribution in [3.05, 3.63) is 17.0 Å². The quantitative estimate of drug-likeness (QED) is 0.734. The fourth-order valence-electron chi connectivity index (χ4n) is 1.76. The summed E-state index contributed by atoms with van der Waals surface area (Å²) in [6.07, 6.45) is 2.35. The van der Waals surface area contributed by atoms with Crippen LogP contribution in [0.5, 0.6) is 0 Å². The van der Waals surface area contributed by atoms with Crippen LogP contribution in [0.25, 0.3) is 0 Å². The van der Waals surface area contributed by atoms with Crippen LogP contribution < -0.4 is 10.0 Å². The molecular weight excluding hydrogens is 312 g/mol. The highest BCUT2D eigenvalue weighted by Crippen LogP contribution is 2.28. The predicted molar refractivity (Wildman–Crippen MR) is 79.4 cm³/mol. The number of carbonyl (C=O) groups excluding carboxylic acids is 2. The molecule has 1 aliphatic carbocycles. The van der Waals surface area contributed by atoms with E-state index >= 15 is 0 Å². The van der Waals surface area contributed by atoms with E-state index in [2.05, 4.69) is 5.32 Å². The number of nitrogens with one attached hydrogen (secondary N) is 2. The fourth-order valence-corrected chi connectivity index (χ4v) is 4.06. The third-order valence-electron chi connectivity index (χ3n) is 3.06. The van der Waals surface area contributed by atoms with Crippen molar-refractivity contribution in [3.8, 4) is 0 Å². The standard InChI is InChI=1S/C13H18N2O4S2/c1-9-4-7-12(20-9)21(18,19)15-11(16)3-2-8-14-13(17)10-5-6-10/h4,7,10H,2-3,5-6,8H2,1H3,(H,14,17)(H,15,16). The molecule has 0 atom stereocenters. The van der Waals surface area contributed by atoms with Crippen molar-refractivity contribution < 1.29 is 18.0 Å². The number of amides is 2. The monoisotopic (exact) mass is 330 g/mol. The molecule has 1 saturated carbocycles. The molecule has 6 nitrogen and oxygen atoms in total. The lowest BCUT2D eigenvalue weighted by Crippen LogP contribution is -2.31. The second-order valence-corrected chi connectivity index (χ2v) is 8.26. The van der Waals surface area contributed by atoms with Gasteiger partial charge in [-0.05, 0) is 38.3 Å². The van der Waals surface area contributed by atoms with Crippen LogP contribution in [0.4, 0.5) is 0 Å². The van der Waals surface area contributed by atoms with Crippen LogP contribution in [0.2, 0.25) is 0 Å². The number of sulfonamides is 1. The first-order valence-electron chi connectivity index (χ1n) is 6.78. The van der Waals surface area contributed by atoms with Gasteiger partial charge in [-0.2, -0.15) is 0 Å². The number of rotatable bonds is 7. The van der Waals surface area contributed by atoms with E-state index in [1.807, 2.05) is 4.72 Å². The summed E-state index contributed by atoms with van der Waals surface area (Å²) in [6.45, 7) is 2.19. The fraction of sp³-hybridized carbons (Fsp3) is 0.538. The van der Waals surface area contributed by atoms with Gasteiger partial charge in [0.05, 0.1) is 0 Å². The van der Waals surface area contributed by atoms with Crippen LogP contribution >= 0.6 is 11.3 Å². The Morgan fingerprint density at radius 2 is 2.05 bits per heavy atom. The number of hydrogen-bond acceptors (Lipinski definition) is 5. The summed E-state index contributed by atoms with van der Waals surface area (Å²) in [7, 11) is -3.76. The van der Waals surface area contributed by atoms with Crippen molar-refractivity contribution in [2.75, 3.05) is 6.54 Å². The summed E-state index contributed by atoms with van der Waals surface area (Å²) in [4.78, 5) is 23.9. The van der Waals surface area contributed by atoms with Crippen LogP contribution in [0.15, 0.2) is 16.3 Å². The molecule has 1 aliphatic rings. The highest BCUT2D eigenvalue weighted by Gasteiger charge is 2.29. The summed E-state index contributed by atoms with van der Waals surface area (Å²) in [5.74, 6) is -0.389. The van der Waals surface area contributed by atoms with Gasteiger partial charge in [-0.3, -0.25) is 9.59 Å². The number of thiophene rings is 1. The van der Waals surface area contributed by atoms with Gasteiger partial charge in [0.1, 0.15) is 4.21 Å². The minimum Gasteiger partial charge on any atom is -0.356 e. The first kappa shape index (κ1) is 16.0. The lowest BCUT2D eigenvalue weighted by atomic mass is 10.3. The molecule has 8 heteroatoms. The number of hydrogen-bond donors (Lipinski definition) is 2. The SMILES string of the molecule is Cc1ccc(S(=O)(=O)NC(=O)CCCNC(=O)C2CC2)s1. The van der Waals surface area contributed by atoms with Crippen molar-refractivity contribution >= 4 is 33.2 Å². The van der Waals surface area contributed by atoms with E-state index in [4.69, 9.17) is 0 Å². The summed E-state index contributed by atoms with van der Waals surface area (Å²) in [6, 6.07) is 3.17. The molecule has 21 heavy (non-hydrogen) atoms. The van der Waals surface area contributed by atoms with Gasteiger partial charge in [-0.15, -0.1) is 11.3 Å². The molecule has 2 amide bonds. The second kappa shape index (κ2) is 6.57. The molecule has 0 aromatic carbocycles. The molecule has 0 bridgehead atoms. The minimum atomic E-state index is -3.76. The maximum absolute atomic E-state index is 11.9. The largest absolute Gasteiger partial charge is 0.356 e. The Morgan fingerprint density at radius 1 is 1.33 bits per heavy atom. The summed E-state index contributed by atoms with van der Waals surface area (Å²) >= 11 is 1.12. The molecule has 0 aliphatic heterocycles. The van der Waals surface area contributed by atoms with Crippen molar-refractivity contribution in [2.24, 2.45) is 5.92 Å². The Labute approximate surface area is 128 Å². The molecule has 0 spiro atoms. The van der Waals surface area contributed by atoms with Crippen LogP contribution in [-0.2, 0) is 19.6 Å². The molecule has 116 valence electrons. The van der Waals surface area contributed by atoms with Crippen molar-refractivity contribution in [2.45, 2.75) is 36.8 Å². The summed E-state index contributed by atoms with van der Waals surface area (Å²) in [5, 5.41) is 2.73. The topological polar surface area (TPSA) is 92.3 Å². The van der Waals surface area contributed by atoms with Gasteiger partial charge in [0, 0.05) is 23.8 Å². The van der Waals surface area contributed by atoms with Gasteiger partial charge in [-0.1, -0.05) is 0 Å². The minimum absolute atomic E-state index is 0.0251. The highest BCUT2D eigenvalue weighted by atomic mass is 32.2. The van der Waals surface area contributed by atoms with Crippen LogP contribution in [0, 0.1) is 12.8 Å². The van der Waals surface area contributed by atoms with Crippen LogP contribution in [0.1, 0.15) is 30.6 Å². The Bertz CT molecular complexity index is 632. The van der Waals surface area contributed by atoms with Crippen molar-refractivity contribution in [1.82, 2.24) is 10.0 Å². The lowest BCUT2D eigenvalue weighted by Gasteiger charge is -2.06. The van der Waals surface area contributed by atoms with Gasteiger partial charge in [0.25, 0.3) is 10.0 Å². The first-order valence-corrected chi connectivity index (χ1v) is 9.08. The third-order valence-corrected chi connectivity index (χ3v) is 5.92. The van der Waals surface area contributed by atoms with Crippen LogP contribution in [-0.4, -0.2) is 26.8 Å². The van der Waals surface area contributed by atoms with Gasteiger partial charge in [0.2, 0.25) is 11.8 Å². The molecule has 2 N–H and O–H groups in total. The zero-order valence-corrected chi connectivity index (χ0v) is 13.4. The molecule has 1 heterocycles. The second-order valence-electron chi connectivity index (χ2n) is 5.06. The highest BCUT2D eigenvalue weighted by molar-refractivity contribution is 7.92. The van der Waals surface area contributed by atoms with E-state index in [9.17, 15) is 18.0 Å². The summed E-state index contributed by atoms with van der Waals surface area (Å²) in [5.41, 5.74) is 0. The number of carbonyl (C=O) groups is 2. The molecule has 2 rings (SSSR count). The van der Waals surface area contributed by atoms with E-state index in [1.165, 1.54) is 6.07 Å². The maximum atomic E-state index is 11.9. The molecule has 0 saturated heterocycles. The van der Waals surface area contributed by atoms with Gasteiger partial charge in [0.15, 0.2) is 0 Å².